The molecule has 3 atom stereocenters. The average molecular weight is 397 g/mol. The summed E-state index contributed by atoms with van der Waals surface area (Å²) < 4.78 is 39.8. The summed E-state index contributed by atoms with van der Waals surface area (Å²) in [5.41, 5.74) is 0. The first-order valence-electron chi connectivity index (χ1n) is 9.85. The maximum Gasteiger partial charge on any atom is 0.243 e. The van der Waals surface area contributed by atoms with Crippen molar-refractivity contribution in [3.8, 4) is 0 Å². The normalized spacial score (nSPS) is 28.0. The Bertz CT molecular complexity index is 758. The molecule has 1 aromatic carbocycles. The van der Waals surface area contributed by atoms with Crippen LogP contribution in [0.4, 0.5) is 4.39 Å². The van der Waals surface area contributed by atoms with Gasteiger partial charge in [-0.05, 0) is 55.4 Å². The lowest BCUT2D eigenvalue weighted by Crippen LogP contribution is -2.48. The van der Waals surface area contributed by atoms with Crippen LogP contribution in [0.25, 0.3) is 0 Å². The Morgan fingerprint density at radius 3 is 2.33 bits per heavy atom. The molecular formula is C20H29FN2O3S. The highest BCUT2D eigenvalue weighted by Crippen LogP contribution is 2.30. The van der Waals surface area contributed by atoms with Gasteiger partial charge >= 0.3 is 0 Å². The summed E-state index contributed by atoms with van der Waals surface area (Å²) in [6.45, 7) is 5.07. The first kappa shape index (κ1) is 20.3. The number of carbonyl (C=O) groups is 1. The zero-order chi connectivity index (χ0) is 19.6. The number of rotatable bonds is 4. The second kappa shape index (κ2) is 8.27. The maximum absolute atomic E-state index is 13.0. The lowest BCUT2D eigenvalue weighted by molar-refractivity contribution is -0.127. The predicted octanol–water partition coefficient (Wildman–Crippen LogP) is 3.17. The van der Waals surface area contributed by atoms with Crippen LogP contribution in [-0.4, -0.2) is 37.8 Å². The van der Waals surface area contributed by atoms with Crippen LogP contribution < -0.4 is 5.32 Å². The van der Waals surface area contributed by atoms with Gasteiger partial charge < -0.3 is 5.32 Å². The number of hydrogen-bond donors (Lipinski definition) is 1. The topological polar surface area (TPSA) is 66.5 Å². The molecule has 1 N–H and O–H groups in total. The van der Waals surface area contributed by atoms with Crippen molar-refractivity contribution in [2.75, 3.05) is 13.1 Å². The van der Waals surface area contributed by atoms with Crippen molar-refractivity contribution in [3.63, 3.8) is 0 Å². The van der Waals surface area contributed by atoms with Gasteiger partial charge in [-0.15, -0.1) is 0 Å². The van der Waals surface area contributed by atoms with E-state index in [1.54, 1.807) is 0 Å². The van der Waals surface area contributed by atoms with Crippen molar-refractivity contribution in [1.29, 1.82) is 0 Å². The van der Waals surface area contributed by atoms with Crippen LogP contribution in [0.2, 0.25) is 0 Å². The van der Waals surface area contributed by atoms with Gasteiger partial charge in [-0.1, -0.05) is 26.7 Å². The molecule has 0 radical (unpaired) electrons. The summed E-state index contributed by atoms with van der Waals surface area (Å²) in [5.74, 6) is 0.540. The van der Waals surface area contributed by atoms with Gasteiger partial charge in [0, 0.05) is 25.0 Å². The zero-order valence-electron chi connectivity index (χ0n) is 16.0. The summed E-state index contributed by atoms with van der Waals surface area (Å²) in [6, 6.07) is 5.10. The van der Waals surface area contributed by atoms with E-state index in [-0.39, 0.29) is 22.8 Å². The van der Waals surface area contributed by atoms with E-state index in [9.17, 15) is 17.6 Å². The highest BCUT2D eigenvalue weighted by molar-refractivity contribution is 7.89. The molecule has 0 bridgehead atoms. The second-order valence-corrected chi connectivity index (χ2v) is 9.95. The Hall–Kier alpha value is -1.47. The van der Waals surface area contributed by atoms with Gasteiger partial charge in [-0.2, -0.15) is 4.31 Å². The number of nitrogens with zero attached hydrogens (tertiary/aromatic N) is 1. The summed E-state index contributed by atoms with van der Waals surface area (Å²) >= 11 is 0. The van der Waals surface area contributed by atoms with Crippen LogP contribution in [0, 0.1) is 23.6 Å². The summed E-state index contributed by atoms with van der Waals surface area (Å²) in [4.78, 5) is 12.8. The number of nitrogens with one attached hydrogen (secondary N) is 1. The Kier molecular flexibility index (Phi) is 6.21. The van der Waals surface area contributed by atoms with Crippen LogP contribution in [0.3, 0.4) is 0 Å². The summed E-state index contributed by atoms with van der Waals surface area (Å²) in [7, 11) is -3.64. The minimum Gasteiger partial charge on any atom is -0.353 e. The number of amides is 1. The Labute approximate surface area is 161 Å². The number of piperidine rings is 1. The van der Waals surface area contributed by atoms with Crippen LogP contribution in [-0.2, 0) is 14.8 Å². The third-order valence-electron chi connectivity index (χ3n) is 6.31. The standard InChI is InChI=1S/C20H29FN2O3S/c1-14-4-3-5-19(15(14)2)22-20(24)16-10-12-23(13-11-16)27(25,26)18-8-6-17(21)7-9-18/h6-9,14-16,19H,3-5,10-13H2,1-2H3,(H,22,24). The van der Waals surface area contributed by atoms with E-state index in [2.05, 4.69) is 19.2 Å². The van der Waals surface area contributed by atoms with E-state index >= 15 is 0 Å². The van der Waals surface area contributed by atoms with Gasteiger partial charge in [0.05, 0.1) is 4.90 Å². The van der Waals surface area contributed by atoms with Gasteiger partial charge in [0.1, 0.15) is 5.82 Å². The minimum absolute atomic E-state index is 0.0554. The highest BCUT2D eigenvalue weighted by Gasteiger charge is 2.34. The maximum atomic E-state index is 13.0. The van der Waals surface area contributed by atoms with Gasteiger partial charge in [0.2, 0.25) is 15.9 Å². The van der Waals surface area contributed by atoms with Crippen molar-refractivity contribution in [3.05, 3.63) is 30.1 Å². The van der Waals surface area contributed by atoms with E-state index in [0.717, 1.165) is 25.0 Å². The molecule has 2 fully saturated rings. The van der Waals surface area contributed by atoms with E-state index in [4.69, 9.17) is 0 Å². The minimum atomic E-state index is -3.64. The van der Waals surface area contributed by atoms with Crippen LogP contribution in [0.5, 0.6) is 0 Å². The van der Waals surface area contributed by atoms with E-state index in [1.165, 1.54) is 22.9 Å². The SMILES string of the molecule is CC1CCCC(NC(=O)C2CCN(S(=O)(=O)c3ccc(F)cc3)CC2)C1C. The second-order valence-electron chi connectivity index (χ2n) is 8.01. The molecule has 1 amide bonds. The summed E-state index contributed by atoms with van der Waals surface area (Å²) in [6.07, 6.45) is 4.42. The van der Waals surface area contributed by atoms with Crippen molar-refractivity contribution in [2.24, 2.45) is 17.8 Å². The van der Waals surface area contributed by atoms with Crippen LogP contribution in [0.15, 0.2) is 29.2 Å². The van der Waals surface area contributed by atoms with Crippen molar-refractivity contribution in [2.45, 2.75) is 56.9 Å². The smallest absolute Gasteiger partial charge is 0.243 e. The third kappa shape index (κ3) is 4.51. The van der Waals surface area contributed by atoms with Crippen LogP contribution >= 0.6 is 0 Å². The Morgan fingerprint density at radius 1 is 1.07 bits per heavy atom. The van der Waals surface area contributed by atoms with Gasteiger partial charge in [-0.25, -0.2) is 12.8 Å². The van der Waals surface area contributed by atoms with Gasteiger partial charge in [0.15, 0.2) is 0 Å². The molecule has 0 spiro atoms. The molecule has 1 aromatic rings. The average Bonchev–Trinajstić information content (AvgIpc) is 2.66. The number of carbonyl (C=O) groups excluding carboxylic acids is 1. The molecule has 3 unspecified atom stereocenters. The van der Waals surface area contributed by atoms with Gasteiger partial charge in [-0.3, -0.25) is 4.79 Å². The first-order valence-corrected chi connectivity index (χ1v) is 11.3. The van der Waals surface area contributed by atoms with Crippen LogP contribution in [0.1, 0.15) is 46.0 Å². The van der Waals surface area contributed by atoms with Crippen molar-refractivity contribution < 1.29 is 17.6 Å². The van der Waals surface area contributed by atoms with E-state index < -0.39 is 15.8 Å². The molecule has 1 aliphatic carbocycles. The zero-order valence-corrected chi connectivity index (χ0v) is 16.8. The highest BCUT2D eigenvalue weighted by atomic mass is 32.2. The molecular weight excluding hydrogens is 367 g/mol. The molecule has 27 heavy (non-hydrogen) atoms. The molecule has 1 saturated heterocycles. The number of hydrogen-bond acceptors (Lipinski definition) is 3. The molecule has 5 nitrogen and oxygen atoms in total. The number of benzene rings is 1. The summed E-state index contributed by atoms with van der Waals surface area (Å²) in [5, 5.41) is 3.21. The lowest BCUT2D eigenvalue weighted by Gasteiger charge is -2.36. The fourth-order valence-corrected chi connectivity index (χ4v) is 5.67. The number of sulfonamides is 1. The van der Waals surface area contributed by atoms with Crippen molar-refractivity contribution in [1.82, 2.24) is 9.62 Å². The lowest BCUT2D eigenvalue weighted by atomic mass is 9.78. The van der Waals surface area contributed by atoms with E-state index in [0.29, 0.717) is 37.8 Å². The molecule has 150 valence electrons. The van der Waals surface area contributed by atoms with Gasteiger partial charge in [0.25, 0.3) is 0 Å². The van der Waals surface area contributed by atoms with E-state index in [1.807, 2.05) is 0 Å². The molecule has 3 rings (SSSR count). The molecule has 1 heterocycles. The fourth-order valence-electron chi connectivity index (χ4n) is 4.20. The molecule has 1 saturated carbocycles. The monoisotopic (exact) mass is 396 g/mol. The Morgan fingerprint density at radius 2 is 1.70 bits per heavy atom. The fraction of sp³-hybridized carbons (Fsp3) is 0.650. The predicted molar refractivity (Wildman–Crippen MR) is 102 cm³/mol. The first-order chi connectivity index (χ1) is 12.8. The molecule has 0 aromatic heterocycles. The molecule has 2 aliphatic rings. The van der Waals surface area contributed by atoms with Crippen molar-refractivity contribution >= 4 is 15.9 Å². The Balaban J connectivity index is 1.56. The third-order valence-corrected chi connectivity index (χ3v) is 8.22. The molecule has 7 heteroatoms. The largest absolute Gasteiger partial charge is 0.353 e. The quantitative estimate of drug-likeness (QED) is 0.850. The molecule has 1 aliphatic heterocycles. The number of halogens is 1.